The fourth-order valence-corrected chi connectivity index (χ4v) is 2.00. The lowest BCUT2D eigenvalue weighted by Crippen LogP contribution is -1.97. The molecule has 5 heteroatoms. The molecule has 0 fully saturated rings. The summed E-state index contributed by atoms with van der Waals surface area (Å²) in [4.78, 5) is 8.49. The zero-order chi connectivity index (χ0) is 13.2. The Morgan fingerprint density at radius 1 is 1.00 bits per heavy atom. The van der Waals surface area contributed by atoms with Gasteiger partial charge in [-0.2, -0.15) is 5.10 Å². The van der Waals surface area contributed by atoms with Crippen LogP contribution in [-0.4, -0.2) is 19.7 Å². The van der Waals surface area contributed by atoms with Crippen molar-refractivity contribution in [3.8, 4) is 22.6 Å². The molecule has 0 atom stereocenters. The minimum absolute atomic E-state index is 0.577. The lowest BCUT2D eigenvalue weighted by molar-refractivity contribution is 0.780. The first-order chi connectivity index (χ1) is 9.27. The zero-order valence-corrected chi connectivity index (χ0v) is 10.5. The van der Waals surface area contributed by atoms with Crippen LogP contribution in [0, 0.1) is 0 Å². The predicted molar refractivity (Wildman–Crippen MR) is 74.1 cm³/mol. The number of aromatic nitrogens is 4. The Labute approximate surface area is 110 Å². The van der Waals surface area contributed by atoms with Gasteiger partial charge in [-0.15, -0.1) is 0 Å². The first kappa shape index (κ1) is 11.4. The van der Waals surface area contributed by atoms with Crippen LogP contribution < -0.4 is 5.73 Å². The van der Waals surface area contributed by atoms with E-state index < -0.39 is 0 Å². The maximum Gasteiger partial charge on any atom is 0.180 e. The summed E-state index contributed by atoms with van der Waals surface area (Å²) in [7, 11) is 1.81. The van der Waals surface area contributed by atoms with E-state index in [0.717, 1.165) is 11.1 Å². The number of rotatable bonds is 2. The minimum atomic E-state index is 0.577. The van der Waals surface area contributed by atoms with Gasteiger partial charge in [-0.05, 0) is 11.6 Å². The Morgan fingerprint density at radius 2 is 1.68 bits per heavy atom. The largest absolute Gasteiger partial charge is 0.383 e. The van der Waals surface area contributed by atoms with Crippen molar-refractivity contribution in [2.24, 2.45) is 7.05 Å². The molecule has 0 bridgehead atoms. The monoisotopic (exact) mass is 251 g/mol. The lowest BCUT2D eigenvalue weighted by Gasteiger charge is -2.02. The van der Waals surface area contributed by atoms with E-state index in [1.54, 1.807) is 23.1 Å². The maximum absolute atomic E-state index is 6.12. The summed E-state index contributed by atoms with van der Waals surface area (Å²) >= 11 is 0. The molecule has 2 N–H and O–H groups in total. The molecule has 94 valence electrons. The third-order valence-electron chi connectivity index (χ3n) is 2.93. The molecule has 0 amide bonds. The third-order valence-corrected chi connectivity index (χ3v) is 2.93. The van der Waals surface area contributed by atoms with Gasteiger partial charge in [0, 0.05) is 19.4 Å². The van der Waals surface area contributed by atoms with E-state index >= 15 is 0 Å². The van der Waals surface area contributed by atoms with Gasteiger partial charge in [-0.3, -0.25) is 4.68 Å². The van der Waals surface area contributed by atoms with Crippen molar-refractivity contribution in [1.82, 2.24) is 19.7 Å². The average molecular weight is 251 g/mol. The van der Waals surface area contributed by atoms with Gasteiger partial charge in [-0.1, -0.05) is 30.3 Å². The minimum Gasteiger partial charge on any atom is -0.383 e. The highest BCUT2D eigenvalue weighted by Crippen LogP contribution is 2.33. The molecule has 19 heavy (non-hydrogen) atoms. The summed E-state index contributed by atoms with van der Waals surface area (Å²) in [5.41, 5.74) is 8.70. The SMILES string of the molecule is Cn1nc(-c2ncccn2)c(-c2ccccc2)c1N. The van der Waals surface area contributed by atoms with Gasteiger partial charge in [-0.25, -0.2) is 9.97 Å². The highest BCUT2D eigenvalue weighted by atomic mass is 15.3. The van der Waals surface area contributed by atoms with Crippen LogP contribution in [0.15, 0.2) is 48.8 Å². The molecule has 0 aliphatic heterocycles. The number of hydrogen-bond donors (Lipinski definition) is 1. The van der Waals surface area contributed by atoms with Crippen molar-refractivity contribution in [1.29, 1.82) is 0 Å². The van der Waals surface area contributed by atoms with Crippen molar-refractivity contribution in [2.45, 2.75) is 0 Å². The van der Waals surface area contributed by atoms with Crippen molar-refractivity contribution in [2.75, 3.05) is 5.73 Å². The quantitative estimate of drug-likeness (QED) is 0.757. The van der Waals surface area contributed by atoms with Crippen LogP contribution in [0.25, 0.3) is 22.6 Å². The summed E-state index contributed by atoms with van der Waals surface area (Å²) in [6.45, 7) is 0. The molecule has 2 heterocycles. The molecule has 5 nitrogen and oxygen atoms in total. The van der Waals surface area contributed by atoms with E-state index in [9.17, 15) is 0 Å². The van der Waals surface area contributed by atoms with E-state index in [2.05, 4.69) is 15.1 Å². The molecule has 3 rings (SSSR count). The van der Waals surface area contributed by atoms with Crippen LogP contribution in [0.2, 0.25) is 0 Å². The topological polar surface area (TPSA) is 69.6 Å². The molecule has 0 radical (unpaired) electrons. The molecule has 3 aromatic rings. The molecular weight excluding hydrogens is 238 g/mol. The van der Waals surface area contributed by atoms with Crippen molar-refractivity contribution in [3.05, 3.63) is 48.8 Å². The first-order valence-electron chi connectivity index (χ1n) is 5.92. The fourth-order valence-electron chi connectivity index (χ4n) is 2.00. The smallest absolute Gasteiger partial charge is 0.180 e. The second-order valence-corrected chi connectivity index (χ2v) is 4.17. The number of nitrogens with zero attached hydrogens (tertiary/aromatic N) is 4. The molecule has 2 aromatic heterocycles. The lowest BCUT2D eigenvalue weighted by atomic mass is 10.1. The normalized spacial score (nSPS) is 10.6. The summed E-state index contributed by atoms with van der Waals surface area (Å²) in [6.07, 6.45) is 3.39. The Kier molecular flexibility index (Phi) is 2.72. The van der Waals surface area contributed by atoms with E-state index in [0.29, 0.717) is 17.3 Å². The Hall–Kier alpha value is -2.69. The number of hydrogen-bond acceptors (Lipinski definition) is 4. The van der Waals surface area contributed by atoms with Crippen LogP contribution in [0.3, 0.4) is 0 Å². The van der Waals surface area contributed by atoms with Gasteiger partial charge in [0.2, 0.25) is 0 Å². The Balaban J connectivity index is 2.25. The molecule has 0 saturated heterocycles. The van der Waals surface area contributed by atoms with Crippen LogP contribution >= 0.6 is 0 Å². The van der Waals surface area contributed by atoms with Crippen molar-refractivity contribution >= 4 is 5.82 Å². The molecule has 0 spiro atoms. The maximum atomic E-state index is 6.12. The zero-order valence-electron chi connectivity index (χ0n) is 10.5. The predicted octanol–water partition coefficient (Wildman–Crippen LogP) is 2.13. The second-order valence-electron chi connectivity index (χ2n) is 4.17. The molecule has 1 aromatic carbocycles. The van der Waals surface area contributed by atoms with Crippen LogP contribution in [-0.2, 0) is 7.05 Å². The van der Waals surface area contributed by atoms with E-state index in [1.165, 1.54) is 0 Å². The second kappa shape index (κ2) is 4.53. The number of benzene rings is 1. The summed E-state index contributed by atoms with van der Waals surface area (Å²) < 4.78 is 1.65. The van der Waals surface area contributed by atoms with Gasteiger partial charge in [0.25, 0.3) is 0 Å². The molecular formula is C14H13N5. The van der Waals surface area contributed by atoms with E-state index in [4.69, 9.17) is 5.73 Å². The highest BCUT2D eigenvalue weighted by Gasteiger charge is 2.18. The molecule has 0 aliphatic carbocycles. The van der Waals surface area contributed by atoms with Gasteiger partial charge in [0.05, 0.1) is 5.56 Å². The molecule has 0 unspecified atom stereocenters. The van der Waals surface area contributed by atoms with E-state index in [1.807, 2.05) is 37.4 Å². The van der Waals surface area contributed by atoms with Crippen LogP contribution in [0.4, 0.5) is 5.82 Å². The van der Waals surface area contributed by atoms with Crippen molar-refractivity contribution in [3.63, 3.8) is 0 Å². The molecule has 0 aliphatic rings. The summed E-state index contributed by atoms with van der Waals surface area (Å²) in [5.74, 6) is 1.18. The standard InChI is InChI=1S/C14H13N5/c1-19-13(15)11(10-6-3-2-4-7-10)12(18-19)14-16-8-5-9-17-14/h2-9H,15H2,1H3. The van der Waals surface area contributed by atoms with Crippen LogP contribution in [0.5, 0.6) is 0 Å². The summed E-state index contributed by atoms with van der Waals surface area (Å²) in [6, 6.07) is 11.7. The Bertz CT molecular complexity index is 689. The van der Waals surface area contributed by atoms with Crippen molar-refractivity contribution < 1.29 is 0 Å². The van der Waals surface area contributed by atoms with Gasteiger partial charge in [0.15, 0.2) is 5.82 Å². The van der Waals surface area contributed by atoms with Gasteiger partial charge in [0.1, 0.15) is 11.5 Å². The van der Waals surface area contributed by atoms with E-state index in [-0.39, 0.29) is 0 Å². The third kappa shape index (κ3) is 1.95. The number of anilines is 1. The molecule has 0 saturated carbocycles. The first-order valence-corrected chi connectivity index (χ1v) is 5.92. The average Bonchev–Trinajstić information content (AvgIpc) is 2.77. The van der Waals surface area contributed by atoms with Gasteiger partial charge >= 0.3 is 0 Å². The Morgan fingerprint density at radius 3 is 2.37 bits per heavy atom. The fraction of sp³-hybridized carbons (Fsp3) is 0.0714. The van der Waals surface area contributed by atoms with Crippen LogP contribution in [0.1, 0.15) is 0 Å². The number of nitrogens with two attached hydrogens (primary N) is 1. The number of nitrogen functional groups attached to an aromatic ring is 1. The number of aryl methyl sites for hydroxylation is 1. The highest BCUT2D eigenvalue weighted by molar-refractivity contribution is 5.85. The summed E-state index contributed by atoms with van der Waals surface area (Å²) in [5, 5.41) is 4.42. The van der Waals surface area contributed by atoms with Gasteiger partial charge < -0.3 is 5.73 Å².